The zero-order valence-electron chi connectivity index (χ0n) is 8.51. The summed E-state index contributed by atoms with van der Waals surface area (Å²) in [7, 11) is 0. The first-order valence-corrected chi connectivity index (χ1v) is 5.01. The maximum atomic E-state index is 10.6. The molecule has 0 spiro atoms. The second-order valence-electron chi connectivity index (χ2n) is 4.12. The van der Waals surface area contributed by atoms with Gasteiger partial charge < -0.3 is 5.11 Å². The molecule has 1 aromatic carbocycles. The predicted octanol–water partition coefficient (Wildman–Crippen LogP) is 2.14. The fourth-order valence-corrected chi connectivity index (χ4v) is 2.02. The van der Waals surface area contributed by atoms with Crippen molar-refractivity contribution in [3.05, 3.63) is 39.4 Å². The fraction of sp³-hybridized carbons (Fsp3) is 0.455. The van der Waals surface area contributed by atoms with Crippen LogP contribution in [0.1, 0.15) is 29.9 Å². The Morgan fingerprint density at radius 3 is 2.67 bits per heavy atom. The first-order chi connectivity index (χ1) is 7.08. The lowest BCUT2D eigenvalue weighted by Gasteiger charge is -2.32. The first-order valence-electron chi connectivity index (χ1n) is 5.01. The Bertz CT molecular complexity index is 397. The second kappa shape index (κ2) is 3.62. The summed E-state index contributed by atoms with van der Waals surface area (Å²) in [5.74, 6) is 0.292. The molecule has 1 saturated carbocycles. The number of nitrogens with zero attached hydrogens (tertiary/aromatic N) is 1. The minimum atomic E-state index is -0.377. The Morgan fingerprint density at radius 2 is 2.13 bits per heavy atom. The third kappa shape index (κ3) is 1.85. The lowest BCUT2D eigenvalue weighted by molar-refractivity contribution is -0.385. The number of hydrogen-bond acceptors (Lipinski definition) is 3. The van der Waals surface area contributed by atoms with E-state index in [4.69, 9.17) is 0 Å². The molecule has 0 aromatic heterocycles. The van der Waals surface area contributed by atoms with E-state index in [1.54, 1.807) is 12.1 Å². The molecule has 4 nitrogen and oxygen atoms in total. The Kier molecular flexibility index (Phi) is 2.44. The average molecular weight is 207 g/mol. The van der Waals surface area contributed by atoms with E-state index in [9.17, 15) is 15.2 Å². The Labute approximate surface area is 87.7 Å². The number of nitro groups is 1. The van der Waals surface area contributed by atoms with Gasteiger partial charge in [0.25, 0.3) is 5.69 Å². The lowest BCUT2D eigenvalue weighted by atomic mass is 9.76. The zero-order valence-corrected chi connectivity index (χ0v) is 8.51. The molecule has 0 radical (unpaired) electrons. The Hall–Kier alpha value is -1.42. The van der Waals surface area contributed by atoms with Gasteiger partial charge in [0.2, 0.25) is 0 Å². The number of aliphatic hydroxyl groups is 1. The molecule has 0 bridgehead atoms. The highest BCUT2D eigenvalue weighted by Crippen LogP contribution is 2.39. The van der Waals surface area contributed by atoms with E-state index in [0.717, 1.165) is 24.0 Å². The number of aryl methyl sites for hydroxylation is 1. The van der Waals surface area contributed by atoms with Crippen LogP contribution >= 0.6 is 0 Å². The molecule has 0 heterocycles. The van der Waals surface area contributed by atoms with Crippen molar-refractivity contribution in [3.63, 3.8) is 0 Å². The average Bonchev–Trinajstić information content (AvgIpc) is 2.14. The maximum absolute atomic E-state index is 10.6. The summed E-state index contributed by atoms with van der Waals surface area (Å²) in [6, 6.07) is 4.93. The minimum Gasteiger partial charge on any atom is -0.393 e. The third-order valence-corrected chi connectivity index (χ3v) is 3.03. The highest BCUT2D eigenvalue weighted by Gasteiger charge is 2.30. The summed E-state index contributed by atoms with van der Waals surface area (Å²) in [6.45, 7) is 1.95. The molecule has 0 atom stereocenters. The van der Waals surface area contributed by atoms with Crippen LogP contribution in [-0.2, 0) is 0 Å². The van der Waals surface area contributed by atoms with Gasteiger partial charge in [0.1, 0.15) is 0 Å². The smallest absolute Gasteiger partial charge is 0.269 e. The van der Waals surface area contributed by atoms with Crippen LogP contribution < -0.4 is 0 Å². The van der Waals surface area contributed by atoms with Crippen molar-refractivity contribution >= 4 is 5.69 Å². The monoisotopic (exact) mass is 207 g/mol. The van der Waals surface area contributed by atoms with Crippen LogP contribution in [-0.4, -0.2) is 16.1 Å². The molecule has 1 aliphatic carbocycles. The molecule has 15 heavy (non-hydrogen) atoms. The highest BCUT2D eigenvalue weighted by molar-refractivity contribution is 5.42. The van der Waals surface area contributed by atoms with Gasteiger partial charge in [-0.1, -0.05) is 6.07 Å². The summed E-state index contributed by atoms with van der Waals surface area (Å²) in [5, 5.41) is 19.8. The van der Waals surface area contributed by atoms with Gasteiger partial charge in [-0.15, -0.1) is 0 Å². The Morgan fingerprint density at radius 1 is 1.47 bits per heavy atom. The summed E-state index contributed by atoms with van der Waals surface area (Å²) in [6.07, 6.45) is 1.22. The minimum absolute atomic E-state index is 0.136. The number of nitro benzene ring substituents is 1. The first kappa shape index (κ1) is 10.1. The van der Waals surface area contributed by atoms with Crippen molar-refractivity contribution in [2.75, 3.05) is 0 Å². The number of aliphatic hydroxyl groups excluding tert-OH is 1. The van der Waals surface area contributed by atoms with E-state index in [1.807, 2.05) is 6.92 Å². The van der Waals surface area contributed by atoms with Crippen molar-refractivity contribution in [1.29, 1.82) is 0 Å². The maximum Gasteiger partial charge on any atom is 0.269 e. The molecule has 0 amide bonds. The molecule has 1 N–H and O–H groups in total. The highest BCUT2D eigenvalue weighted by atomic mass is 16.6. The molecule has 0 saturated heterocycles. The van der Waals surface area contributed by atoms with Gasteiger partial charge in [-0.2, -0.15) is 0 Å². The van der Waals surface area contributed by atoms with Crippen molar-refractivity contribution < 1.29 is 10.0 Å². The number of benzene rings is 1. The summed E-state index contributed by atoms with van der Waals surface area (Å²) in [5.41, 5.74) is 2.21. The van der Waals surface area contributed by atoms with Gasteiger partial charge in [-0.3, -0.25) is 10.1 Å². The largest absolute Gasteiger partial charge is 0.393 e. The summed E-state index contributed by atoms with van der Waals surface area (Å²) in [4.78, 5) is 10.2. The van der Waals surface area contributed by atoms with Gasteiger partial charge in [0.15, 0.2) is 0 Å². The summed E-state index contributed by atoms with van der Waals surface area (Å²) < 4.78 is 0. The molecule has 4 heteroatoms. The molecule has 0 aliphatic heterocycles. The molecular weight excluding hydrogens is 194 g/mol. The molecule has 1 aromatic rings. The van der Waals surface area contributed by atoms with Crippen LogP contribution in [0.15, 0.2) is 18.2 Å². The number of non-ortho nitro benzene ring substituents is 1. The quantitative estimate of drug-likeness (QED) is 0.597. The SMILES string of the molecule is Cc1ccc([N+](=O)[O-])cc1C1CC(O)C1. The van der Waals surface area contributed by atoms with Crippen LogP contribution in [0.5, 0.6) is 0 Å². The number of rotatable bonds is 2. The van der Waals surface area contributed by atoms with Crippen molar-refractivity contribution in [2.24, 2.45) is 0 Å². The van der Waals surface area contributed by atoms with Crippen LogP contribution in [0.4, 0.5) is 5.69 Å². The van der Waals surface area contributed by atoms with E-state index in [-0.39, 0.29) is 16.7 Å². The van der Waals surface area contributed by atoms with E-state index in [1.165, 1.54) is 6.07 Å². The van der Waals surface area contributed by atoms with Gasteiger partial charge in [0, 0.05) is 12.1 Å². The topological polar surface area (TPSA) is 63.4 Å². The standard InChI is InChI=1S/C11H13NO3/c1-7-2-3-9(12(14)15)6-11(7)8-4-10(13)5-8/h2-3,6,8,10,13H,4-5H2,1H3. The van der Waals surface area contributed by atoms with Crippen LogP contribution in [0.2, 0.25) is 0 Å². The second-order valence-corrected chi connectivity index (χ2v) is 4.12. The van der Waals surface area contributed by atoms with Gasteiger partial charge in [0.05, 0.1) is 11.0 Å². The zero-order chi connectivity index (χ0) is 11.0. The molecule has 1 fully saturated rings. The normalized spacial score (nSPS) is 24.7. The van der Waals surface area contributed by atoms with E-state index in [2.05, 4.69) is 0 Å². The Balaban J connectivity index is 2.29. The van der Waals surface area contributed by atoms with Crippen LogP contribution in [0.25, 0.3) is 0 Å². The third-order valence-electron chi connectivity index (χ3n) is 3.03. The van der Waals surface area contributed by atoms with Gasteiger partial charge >= 0.3 is 0 Å². The van der Waals surface area contributed by atoms with Crippen molar-refractivity contribution in [2.45, 2.75) is 31.8 Å². The number of hydrogen-bond donors (Lipinski definition) is 1. The van der Waals surface area contributed by atoms with Crippen LogP contribution in [0, 0.1) is 17.0 Å². The molecule has 0 unspecified atom stereocenters. The summed E-state index contributed by atoms with van der Waals surface area (Å²) >= 11 is 0. The van der Waals surface area contributed by atoms with Crippen LogP contribution in [0.3, 0.4) is 0 Å². The lowest BCUT2D eigenvalue weighted by Crippen LogP contribution is -2.26. The molecule has 1 aliphatic rings. The van der Waals surface area contributed by atoms with Crippen molar-refractivity contribution in [1.82, 2.24) is 0 Å². The molecule has 80 valence electrons. The van der Waals surface area contributed by atoms with Crippen molar-refractivity contribution in [3.8, 4) is 0 Å². The fourth-order valence-electron chi connectivity index (χ4n) is 2.02. The predicted molar refractivity (Wildman–Crippen MR) is 55.8 cm³/mol. The van der Waals surface area contributed by atoms with Gasteiger partial charge in [-0.25, -0.2) is 0 Å². The van der Waals surface area contributed by atoms with E-state index >= 15 is 0 Å². The van der Waals surface area contributed by atoms with E-state index in [0.29, 0.717) is 5.92 Å². The van der Waals surface area contributed by atoms with E-state index < -0.39 is 0 Å². The molecule has 2 rings (SSSR count). The molecular formula is C11H13NO3. The van der Waals surface area contributed by atoms with Gasteiger partial charge in [-0.05, 0) is 36.8 Å².